The van der Waals surface area contributed by atoms with Crippen LogP contribution in [0, 0.1) is 0 Å². The zero-order chi connectivity index (χ0) is 9.68. The molecular weight excluding hydrogens is 170 g/mol. The Bertz CT molecular complexity index is 135. The Hall–Kier alpha value is -0.160. The number of hydrogen-bond acceptors (Lipinski definition) is 4. The summed E-state index contributed by atoms with van der Waals surface area (Å²) in [6.45, 7) is 5.58. The molecule has 1 atom stereocenters. The summed E-state index contributed by atoms with van der Waals surface area (Å²) in [7, 11) is 0. The highest BCUT2D eigenvalue weighted by Crippen LogP contribution is 2.10. The predicted octanol–water partition coefficient (Wildman–Crippen LogP) is 0.108. The Morgan fingerprint density at radius 3 is 2.46 bits per heavy atom. The van der Waals surface area contributed by atoms with E-state index in [0.29, 0.717) is 25.7 Å². The number of ether oxygens (including phenoxy) is 2. The van der Waals surface area contributed by atoms with Crippen LogP contribution < -0.4 is 5.32 Å². The lowest BCUT2D eigenvalue weighted by molar-refractivity contribution is -0.0563. The third-order valence-corrected chi connectivity index (χ3v) is 1.96. The molecule has 1 aliphatic heterocycles. The van der Waals surface area contributed by atoms with Crippen molar-refractivity contribution in [3.05, 3.63) is 0 Å². The van der Waals surface area contributed by atoms with E-state index in [0.717, 1.165) is 0 Å². The van der Waals surface area contributed by atoms with Gasteiger partial charge in [0.15, 0.2) is 6.29 Å². The second-order valence-corrected chi connectivity index (χ2v) is 3.61. The van der Waals surface area contributed by atoms with Crippen LogP contribution in [0.4, 0.5) is 0 Å². The molecule has 0 aromatic carbocycles. The van der Waals surface area contributed by atoms with Gasteiger partial charge in [0, 0.05) is 18.5 Å². The minimum atomic E-state index is -0.136. The highest BCUT2D eigenvalue weighted by molar-refractivity contribution is 4.70. The van der Waals surface area contributed by atoms with Gasteiger partial charge in [-0.2, -0.15) is 0 Å². The Morgan fingerprint density at radius 2 is 2.00 bits per heavy atom. The van der Waals surface area contributed by atoms with E-state index in [-0.39, 0.29) is 18.9 Å². The molecule has 1 rings (SSSR count). The number of hydrogen-bond donors (Lipinski definition) is 2. The molecule has 0 amide bonds. The maximum atomic E-state index is 9.06. The van der Waals surface area contributed by atoms with Gasteiger partial charge >= 0.3 is 0 Å². The summed E-state index contributed by atoms with van der Waals surface area (Å²) >= 11 is 0. The molecule has 1 aliphatic rings. The van der Waals surface area contributed by atoms with Gasteiger partial charge in [-0.15, -0.1) is 0 Å². The maximum Gasteiger partial charge on any atom is 0.159 e. The lowest BCUT2D eigenvalue weighted by Crippen LogP contribution is -2.40. The quantitative estimate of drug-likeness (QED) is 0.644. The first-order valence-electron chi connectivity index (χ1n) is 4.82. The summed E-state index contributed by atoms with van der Waals surface area (Å²) in [6, 6.07) is 0.446. The zero-order valence-electron chi connectivity index (χ0n) is 8.32. The number of aliphatic hydroxyl groups is 1. The number of rotatable bonds is 5. The van der Waals surface area contributed by atoms with E-state index in [1.807, 2.05) is 0 Å². The van der Waals surface area contributed by atoms with Crippen LogP contribution in [0.2, 0.25) is 0 Å². The van der Waals surface area contributed by atoms with Gasteiger partial charge in [0.1, 0.15) is 0 Å². The smallest absolute Gasteiger partial charge is 0.159 e. The summed E-state index contributed by atoms with van der Waals surface area (Å²) in [5.41, 5.74) is 0. The Balaban J connectivity index is 2.21. The average molecular weight is 189 g/mol. The van der Waals surface area contributed by atoms with Crippen LogP contribution in [0.5, 0.6) is 0 Å². The highest BCUT2D eigenvalue weighted by Gasteiger charge is 2.21. The molecule has 4 nitrogen and oxygen atoms in total. The third kappa shape index (κ3) is 4.04. The van der Waals surface area contributed by atoms with E-state index in [4.69, 9.17) is 14.6 Å². The molecule has 78 valence electrons. The Kier molecular flexibility index (Phi) is 4.66. The third-order valence-electron chi connectivity index (χ3n) is 1.96. The minimum absolute atomic E-state index is 0.0723. The molecular formula is C9H19NO3. The number of nitrogens with one attached hydrogen (secondary N) is 1. The summed E-state index contributed by atoms with van der Waals surface area (Å²) < 4.78 is 10.6. The van der Waals surface area contributed by atoms with E-state index in [1.165, 1.54) is 0 Å². The van der Waals surface area contributed by atoms with Crippen LogP contribution in [0.15, 0.2) is 0 Å². The minimum Gasteiger partial charge on any atom is -0.395 e. The van der Waals surface area contributed by atoms with Crippen molar-refractivity contribution in [3.8, 4) is 0 Å². The lowest BCUT2D eigenvalue weighted by Gasteiger charge is -2.21. The second-order valence-electron chi connectivity index (χ2n) is 3.61. The summed E-state index contributed by atoms with van der Waals surface area (Å²) in [5, 5.41) is 12.3. The van der Waals surface area contributed by atoms with Gasteiger partial charge < -0.3 is 19.9 Å². The molecule has 0 aliphatic carbocycles. The molecule has 0 spiro atoms. The van der Waals surface area contributed by atoms with Crippen LogP contribution in [0.3, 0.4) is 0 Å². The standard InChI is InChI=1S/C9H19NO3/c1-7(2)10-8(6-11)5-9-12-3-4-13-9/h7-11H,3-6H2,1-2H3. The van der Waals surface area contributed by atoms with Crippen LogP contribution in [0.1, 0.15) is 20.3 Å². The lowest BCUT2D eigenvalue weighted by atomic mass is 10.2. The van der Waals surface area contributed by atoms with Gasteiger partial charge in [-0.05, 0) is 0 Å². The molecule has 1 heterocycles. The van der Waals surface area contributed by atoms with Crippen molar-refractivity contribution >= 4 is 0 Å². The molecule has 1 saturated heterocycles. The SMILES string of the molecule is CC(C)NC(CO)CC1OCCO1. The van der Waals surface area contributed by atoms with E-state index in [1.54, 1.807) is 0 Å². The predicted molar refractivity (Wildman–Crippen MR) is 49.5 cm³/mol. The van der Waals surface area contributed by atoms with Crippen molar-refractivity contribution in [2.75, 3.05) is 19.8 Å². The van der Waals surface area contributed by atoms with Crippen LogP contribution in [-0.4, -0.2) is 43.3 Å². The molecule has 1 fully saturated rings. The second kappa shape index (κ2) is 5.54. The van der Waals surface area contributed by atoms with Crippen LogP contribution >= 0.6 is 0 Å². The molecule has 0 saturated carbocycles. The van der Waals surface area contributed by atoms with Crippen LogP contribution in [0.25, 0.3) is 0 Å². The van der Waals surface area contributed by atoms with Gasteiger partial charge in [-0.25, -0.2) is 0 Å². The molecule has 0 radical (unpaired) electrons. The van der Waals surface area contributed by atoms with E-state index >= 15 is 0 Å². The normalized spacial score (nSPS) is 21.2. The molecule has 4 heteroatoms. The van der Waals surface area contributed by atoms with Crippen molar-refractivity contribution in [2.45, 2.75) is 38.6 Å². The Morgan fingerprint density at radius 1 is 1.38 bits per heavy atom. The first-order chi connectivity index (χ1) is 6.22. The van der Waals surface area contributed by atoms with E-state index < -0.39 is 0 Å². The topological polar surface area (TPSA) is 50.7 Å². The molecule has 2 N–H and O–H groups in total. The Labute approximate surface area is 79.2 Å². The van der Waals surface area contributed by atoms with Gasteiger partial charge in [0.25, 0.3) is 0 Å². The van der Waals surface area contributed by atoms with Crippen molar-refractivity contribution < 1.29 is 14.6 Å². The largest absolute Gasteiger partial charge is 0.395 e. The number of aliphatic hydroxyl groups excluding tert-OH is 1. The fraction of sp³-hybridized carbons (Fsp3) is 1.00. The molecule has 0 aromatic heterocycles. The summed E-state index contributed by atoms with van der Waals surface area (Å²) in [4.78, 5) is 0. The van der Waals surface area contributed by atoms with Crippen molar-refractivity contribution in [1.82, 2.24) is 5.32 Å². The molecule has 1 unspecified atom stereocenters. The van der Waals surface area contributed by atoms with Crippen molar-refractivity contribution in [1.29, 1.82) is 0 Å². The first kappa shape index (κ1) is 10.9. The van der Waals surface area contributed by atoms with E-state index in [9.17, 15) is 0 Å². The molecule has 0 aromatic rings. The average Bonchev–Trinajstić information content (AvgIpc) is 2.55. The summed E-state index contributed by atoms with van der Waals surface area (Å²) in [6.07, 6.45) is 0.581. The van der Waals surface area contributed by atoms with E-state index in [2.05, 4.69) is 19.2 Å². The fourth-order valence-electron chi connectivity index (χ4n) is 1.44. The fourth-order valence-corrected chi connectivity index (χ4v) is 1.44. The molecule has 13 heavy (non-hydrogen) atoms. The van der Waals surface area contributed by atoms with Crippen LogP contribution in [-0.2, 0) is 9.47 Å². The first-order valence-corrected chi connectivity index (χ1v) is 4.82. The zero-order valence-corrected chi connectivity index (χ0v) is 8.32. The van der Waals surface area contributed by atoms with Crippen molar-refractivity contribution in [3.63, 3.8) is 0 Å². The van der Waals surface area contributed by atoms with Crippen molar-refractivity contribution in [2.24, 2.45) is 0 Å². The molecule has 0 bridgehead atoms. The maximum absolute atomic E-state index is 9.06. The van der Waals surface area contributed by atoms with Gasteiger partial charge in [-0.1, -0.05) is 13.8 Å². The highest BCUT2D eigenvalue weighted by atomic mass is 16.7. The van der Waals surface area contributed by atoms with Gasteiger partial charge in [0.05, 0.1) is 19.8 Å². The summed E-state index contributed by atoms with van der Waals surface area (Å²) in [5.74, 6) is 0. The monoisotopic (exact) mass is 189 g/mol. The van der Waals surface area contributed by atoms with Gasteiger partial charge in [-0.3, -0.25) is 0 Å². The van der Waals surface area contributed by atoms with Gasteiger partial charge in [0.2, 0.25) is 0 Å².